The zero-order valence-electron chi connectivity index (χ0n) is 12.3. The smallest absolute Gasteiger partial charge is 0.258 e. The van der Waals surface area contributed by atoms with Crippen LogP contribution in [-0.4, -0.2) is 21.0 Å². The Labute approximate surface area is 132 Å². The minimum atomic E-state index is -0.201. The van der Waals surface area contributed by atoms with Gasteiger partial charge in [-0.3, -0.25) is 9.78 Å². The van der Waals surface area contributed by atoms with Crippen LogP contribution in [0.4, 0.5) is 0 Å². The zero-order valence-corrected chi connectivity index (χ0v) is 12.3. The molecule has 114 valence electrons. The highest BCUT2D eigenvalue weighted by atomic mass is 16.5. The van der Waals surface area contributed by atoms with E-state index in [4.69, 9.17) is 4.52 Å². The van der Waals surface area contributed by atoms with Gasteiger partial charge in [-0.2, -0.15) is 4.98 Å². The number of nitrogens with zero attached hydrogens (tertiary/aromatic N) is 3. The van der Waals surface area contributed by atoms with Gasteiger partial charge in [0.25, 0.3) is 5.89 Å². The van der Waals surface area contributed by atoms with Crippen molar-refractivity contribution >= 4 is 5.91 Å². The van der Waals surface area contributed by atoms with E-state index in [2.05, 4.69) is 27.0 Å². The van der Waals surface area contributed by atoms with Crippen molar-refractivity contribution in [2.45, 2.75) is 6.54 Å². The first kappa shape index (κ1) is 14.6. The molecule has 3 aromatic rings. The van der Waals surface area contributed by atoms with Gasteiger partial charge in [0.2, 0.25) is 11.7 Å². The summed E-state index contributed by atoms with van der Waals surface area (Å²) in [5.41, 5.74) is 2.63. The fraction of sp³-hybridized carbons (Fsp3) is 0.0588. The van der Waals surface area contributed by atoms with E-state index in [0.29, 0.717) is 18.3 Å². The largest absolute Gasteiger partial charge is 0.348 e. The van der Waals surface area contributed by atoms with Gasteiger partial charge in [-0.1, -0.05) is 23.9 Å². The molecule has 0 unspecified atom stereocenters. The minimum absolute atomic E-state index is 0.201. The monoisotopic (exact) mass is 306 g/mol. The highest BCUT2D eigenvalue weighted by molar-refractivity contribution is 5.86. The lowest BCUT2D eigenvalue weighted by atomic mass is 10.1. The molecule has 0 saturated carbocycles. The number of hydrogen-bond acceptors (Lipinski definition) is 5. The lowest BCUT2D eigenvalue weighted by molar-refractivity contribution is -0.116. The molecule has 3 rings (SSSR count). The maximum Gasteiger partial charge on any atom is 0.258 e. The van der Waals surface area contributed by atoms with Crippen LogP contribution in [-0.2, 0) is 11.3 Å². The first-order valence-corrected chi connectivity index (χ1v) is 7.00. The van der Waals surface area contributed by atoms with Gasteiger partial charge >= 0.3 is 0 Å². The van der Waals surface area contributed by atoms with Crippen molar-refractivity contribution < 1.29 is 9.32 Å². The quantitative estimate of drug-likeness (QED) is 0.733. The second-order valence-electron chi connectivity index (χ2n) is 4.78. The molecule has 0 fully saturated rings. The van der Waals surface area contributed by atoms with Crippen LogP contribution in [0.1, 0.15) is 5.56 Å². The average molecular weight is 306 g/mol. The van der Waals surface area contributed by atoms with Crippen molar-refractivity contribution in [3.63, 3.8) is 0 Å². The lowest BCUT2D eigenvalue weighted by Crippen LogP contribution is -2.19. The van der Waals surface area contributed by atoms with E-state index in [-0.39, 0.29) is 5.91 Å². The van der Waals surface area contributed by atoms with Crippen LogP contribution < -0.4 is 5.32 Å². The second-order valence-corrected chi connectivity index (χ2v) is 4.78. The SMILES string of the molecule is C=CC(=O)NCc1ccc(-c2nc(-c3ccncc3)no2)cc1. The molecule has 0 spiro atoms. The van der Waals surface area contributed by atoms with Crippen LogP contribution >= 0.6 is 0 Å². The Balaban J connectivity index is 1.74. The zero-order chi connectivity index (χ0) is 16.1. The Hall–Kier alpha value is -3.28. The Morgan fingerprint density at radius 2 is 1.87 bits per heavy atom. The first-order valence-electron chi connectivity index (χ1n) is 7.00. The summed E-state index contributed by atoms with van der Waals surface area (Å²) in [4.78, 5) is 19.5. The van der Waals surface area contributed by atoms with E-state index in [1.54, 1.807) is 12.4 Å². The fourth-order valence-corrected chi connectivity index (χ4v) is 1.99. The van der Waals surface area contributed by atoms with Gasteiger partial charge in [0.15, 0.2) is 0 Å². The Morgan fingerprint density at radius 3 is 2.57 bits per heavy atom. The third kappa shape index (κ3) is 3.49. The van der Waals surface area contributed by atoms with Gasteiger partial charge in [0.05, 0.1) is 0 Å². The number of rotatable bonds is 5. The molecule has 0 bridgehead atoms. The molecule has 6 heteroatoms. The fourth-order valence-electron chi connectivity index (χ4n) is 1.99. The van der Waals surface area contributed by atoms with Crippen LogP contribution in [0.5, 0.6) is 0 Å². The number of aromatic nitrogens is 3. The summed E-state index contributed by atoms with van der Waals surface area (Å²) < 4.78 is 5.30. The standard InChI is InChI=1S/C17H14N4O2/c1-2-15(22)19-11-12-3-5-14(6-4-12)17-20-16(21-23-17)13-7-9-18-10-8-13/h2-10H,1,11H2,(H,19,22). The van der Waals surface area contributed by atoms with Crippen LogP contribution in [0.15, 0.2) is 66.0 Å². The maximum absolute atomic E-state index is 11.1. The van der Waals surface area contributed by atoms with Crippen LogP contribution in [0.25, 0.3) is 22.8 Å². The van der Waals surface area contributed by atoms with Crippen LogP contribution in [0.2, 0.25) is 0 Å². The highest BCUT2D eigenvalue weighted by Gasteiger charge is 2.10. The molecule has 0 aliphatic rings. The number of benzene rings is 1. The normalized spacial score (nSPS) is 10.3. The molecule has 0 aliphatic carbocycles. The third-order valence-corrected chi connectivity index (χ3v) is 3.22. The van der Waals surface area contributed by atoms with Crippen LogP contribution in [0.3, 0.4) is 0 Å². The molecule has 0 radical (unpaired) electrons. The van der Waals surface area contributed by atoms with Gasteiger partial charge < -0.3 is 9.84 Å². The summed E-state index contributed by atoms with van der Waals surface area (Å²) in [6, 6.07) is 11.2. The summed E-state index contributed by atoms with van der Waals surface area (Å²) in [5.74, 6) is 0.760. The van der Waals surface area contributed by atoms with E-state index < -0.39 is 0 Å². The summed E-state index contributed by atoms with van der Waals surface area (Å²) in [6.07, 6.45) is 4.60. The first-order chi connectivity index (χ1) is 11.3. The lowest BCUT2D eigenvalue weighted by Gasteiger charge is -2.02. The summed E-state index contributed by atoms with van der Waals surface area (Å²) >= 11 is 0. The van der Waals surface area contributed by atoms with Crippen molar-refractivity contribution in [3.05, 3.63) is 67.0 Å². The number of hydrogen-bond donors (Lipinski definition) is 1. The van der Waals surface area contributed by atoms with E-state index in [9.17, 15) is 4.79 Å². The molecule has 2 aromatic heterocycles. The molecule has 1 aromatic carbocycles. The van der Waals surface area contributed by atoms with Gasteiger partial charge in [0, 0.05) is 30.1 Å². The van der Waals surface area contributed by atoms with Crippen molar-refractivity contribution in [2.24, 2.45) is 0 Å². The topological polar surface area (TPSA) is 80.9 Å². The molecule has 6 nitrogen and oxygen atoms in total. The minimum Gasteiger partial charge on any atom is -0.348 e. The van der Waals surface area contributed by atoms with Crippen molar-refractivity contribution in [1.29, 1.82) is 0 Å². The molecule has 1 amide bonds. The molecular formula is C17H14N4O2. The molecule has 0 saturated heterocycles. The maximum atomic E-state index is 11.1. The van der Waals surface area contributed by atoms with Crippen LogP contribution in [0, 0.1) is 0 Å². The van der Waals surface area contributed by atoms with E-state index in [1.807, 2.05) is 36.4 Å². The van der Waals surface area contributed by atoms with E-state index >= 15 is 0 Å². The van der Waals surface area contributed by atoms with Gasteiger partial charge in [-0.25, -0.2) is 0 Å². The predicted octanol–water partition coefficient (Wildman–Crippen LogP) is 2.60. The van der Waals surface area contributed by atoms with Gasteiger partial charge in [-0.05, 0) is 35.9 Å². The summed E-state index contributed by atoms with van der Waals surface area (Å²) in [5, 5.41) is 6.69. The number of pyridine rings is 1. The highest BCUT2D eigenvalue weighted by Crippen LogP contribution is 2.22. The number of carbonyl (C=O) groups is 1. The number of amides is 1. The van der Waals surface area contributed by atoms with Crippen molar-refractivity contribution in [3.8, 4) is 22.8 Å². The van der Waals surface area contributed by atoms with E-state index in [1.165, 1.54) is 6.08 Å². The molecule has 23 heavy (non-hydrogen) atoms. The number of nitrogens with one attached hydrogen (secondary N) is 1. The Kier molecular flexibility index (Phi) is 4.24. The molecule has 2 heterocycles. The van der Waals surface area contributed by atoms with E-state index in [0.717, 1.165) is 16.7 Å². The average Bonchev–Trinajstić information content (AvgIpc) is 3.11. The second kappa shape index (κ2) is 6.65. The predicted molar refractivity (Wildman–Crippen MR) is 85.0 cm³/mol. The third-order valence-electron chi connectivity index (χ3n) is 3.22. The summed E-state index contributed by atoms with van der Waals surface area (Å²) in [6.45, 7) is 3.85. The molecule has 0 atom stereocenters. The Bertz CT molecular complexity index is 810. The molecular weight excluding hydrogens is 292 g/mol. The van der Waals surface area contributed by atoms with Crippen molar-refractivity contribution in [2.75, 3.05) is 0 Å². The van der Waals surface area contributed by atoms with Crippen molar-refractivity contribution in [1.82, 2.24) is 20.4 Å². The summed E-state index contributed by atoms with van der Waals surface area (Å²) in [7, 11) is 0. The number of carbonyl (C=O) groups excluding carboxylic acids is 1. The Morgan fingerprint density at radius 1 is 1.13 bits per heavy atom. The van der Waals surface area contributed by atoms with Gasteiger partial charge in [-0.15, -0.1) is 0 Å². The molecule has 0 aliphatic heterocycles. The van der Waals surface area contributed by atoms with Gasteiger partial charge in [0.1, 0.15) is 0 Å². The molecule has 1 N–H and O–H groups in total.